The van der Waals surface area contributed by atoms with Crippen LogP contribution in [0, 0.1) is 0 Å². The molecule has 1 aliphatic heterocycles. The second kappa shape index (κ2) is 8.31. The lowest BCUT2D eigenvalue weighted by molar-refractivity contribution is 0.0664. The van der Waals surface area contributed by atoms with Gasteiger partial charge in [0.15, 0.2) is 0 Å². The van der Waals surface area contributed by atoms with E-state index in [1.54, 1.807) is 12.1 Å². The predicted octanol–water partition coefficient (Wildman–Crippen LogP) is 2.84. The predicted molar refractivity (Wildman–Crippen MR) is 106 cm³/mol. The van der Waals surface area contributed by atoms with E-state index in [0.717, 1.165) is 13.1 Å². The number of amides is 2. The fraction of sp³-hybridized carbons (Fsp3) is 0.381. The summed E-state index contributed by atoms with van der Waals surface area (Å²) >= 11 is 0. The highest BCUT2D eigenvalue weighted by molar-refractivity contribution is 6.04. The second-order valence-corrected chi connectivity index (χ2v) is 7.26. The quantitative estimate of drug-likeness (QED) is 0.904. The molecule has 1 aromatic carbocycles. The van der Waals surface area contributed by atoms with Crippen LogP contribution >= 0.6 is 0 Å². The Morgan fingerprint density at radius 3 is 2.33 bits per heavy atom. The lowest BCUT2D eigenvalue weighted by Crippen LogP contribution is -2.47. The van der Waals surface area contributed by atoms with E-state index in [4.69, 9.17) is 0 Å². The third-order valence-electron chi connectivity index (χ3n) is 4.87. The van der Waals surface area contributed by atoms with Crippen LogP contribution in [0.4, 0.5) is 5.69 Å². The van der Waals surface area contributed by atoms with Crippen molar-refractivity contribution in [1.82, 2.24) is 14.8 Å². The molecule has 142 valence electrons. The van der Waals surface area contributed by atoms with Crippen molar-refractivity contribution < 1.29 is 9.59 Å². The minimum absolute atomic E-state index is 0.0548. The van der Waals surface area contributed by atoms with Gasteiger partial charge < -0.3 is 15.1 Å². The minimum atomic E-state index is -0.319. The number of rotatable bonds is 4. The lowest BCUT2D eigenvalue weighted by atomic mass is 10.0. The molecule has 1 fully saturated rings. The summed E-state index contributed by atoms with van der Waals surface area (Å²) < 4.78 is 0. The van der Waals surface area contributed by atoms with Gasteiger partial charge in [-0.1, -0.05) is 26.0 Å². The van der Waals surface area contributed by atoms with Gasteiger partial charge in [0.1, 0.15) is 5.69 Å². The van der Waals surface area contributed by atoms with Crippen molar-refractivity contribution in [1.29, 1.82) is 0 Å². The number of piperazine rings is 1. The fourth-order valence-electron chi connectivity index (χ4n) is 3.03. The van der Waals surface area contributed by atoms with Crippen LogP contribution in [0.3, 0.4) is 0 Å². The van der Waals surface area contributed by atoms with Crippen LogP contribution < -0.4 is 5.32 Å². The van der Waals surface area contributed by atoms with E-state index in [-0.39, 0.29) is 17.5 Å². The van der Waals surface area contributed by atoms with Crippen molar-refractivity contribution in [3.63, 3.8) is 0 Å². The third-order valence-corrected chi connectivity index (χ3v) is 4.87. The zero-order valence-electron chi connectivity index (χ0n) is 16.1. The first-order chi connectivity index (χ1) is 12.9. The van der Waals surface area contributed by atoms with Gasteiger partial charge in [-0.2, -0.15) is 0 Å². The topological polar surface area (TPSA) is 65.5 Å². The molecule has 1 aliphatic rings. The first-order valence-electron chi connectivity index (χ1n) is 9.29. The molecule has 2 aromatic rings. The molecule has 0 atom stereocenters. The Balaban J connectivity index is 1.69. The number of hydrogen-bond donors (Lipinski definition) is 1. The van der Waals surface area contributed by atoms with Gasteiger partial charge in [0.25, 0.3) is 11.8 Å². The summed E-state index contributed by atoms with van der Waals surface area (Å²) in [6.07, 6.45) is 1.51. The molecule has 3 rings (SSSR count). The molecule has 0 radical (unpaired) electrons. The molecular weight excluding hydrogens is 340 g/mol. The summed E-state index contributed by atoms with van der Waals surface area (Å²) in [6.45, 7) is 7.36. The van der Waals surface area contributed by atoms with E-state index < -0.39 is 0 Å². The van der Waals surface area contributed by atoms with E-state index in [9.17, 15) is 9.59 Å². The number of nitrogens with one attached hydrogen (secondary N) is 1. The first-order valence-corrected chi connectivity index (χ1v) is 9.29. The Hall–Kier alpha value is -2.73. The van der Waals surface area contributed by atoms with Crippen molar-refractivity contribution in [2.75, 3.05) is 38.5 Å². The maximum atomic E-state index is 12.7. The fourth-order valence-corrected chi connectivity index (χ4v) is 3.03. The Labute approximate surface area is 160 Å². The Morgan fingerprint density at radius 2 is 1.70 bits per heavy atom. The highest BCUT2D eigenvalue weighted by Gasteiger charge is 2.21. The average molecular weight is 366 g/mol. The Morgan fingerprint density at radius 1 is 1.04 bits per heavy atom. The van der Waals surface area contributed by atoms with E-state index in [1.165, 1.54) is 11.8 Å². The first kappa shape index (κ1) is 19.0. The van der Waals surface area contributed by atoms with Gasteiger partial charge in [-0.05, 0) is 42.8 Å². The highest BCUT2D eigenvalue weighted by Crippen LogP contribution is 2.18. The smallest absolute Gasteiger partial charge is 0.274 e. The summed E-state index contributed by atoms with van der Waals surface area (Å²) in [5.41, 5.74) is 2.66. The zero-order valence-corrected chi connectivity index (χ0v) is 16.1. The van der Waals surface area contributed by atoms with Crippen LogP contribution in [0.1, 0.15) is 46.2 Å². The van der Waals surface area contributed by atoms with Crippen LogP contribution in [-0.2, 0) is 0 Å². The molecule has 6 heteroatoms. The minimum Gasteiger partial charge on any atom is -0.336 e. The molecule has 0 aliphatic carbocycles. The molecule has 0 saturated carbocycles. The number of aromatic nitrogens is 1. The second-order valence-electron chi connectivity index (χ2n) is 7.26. The van der Waals surface area contributed by atoms with Gasteiger partial charge in [-0.25, -0.2) is 0 Å². The monoisotopic (exact) mass is 366 g/mol. The van der Waals surface area contributed by atoms with Crippen molar-refractivity contribution >= 4 is 17.5 Å². The molecule has 0 unspecified atom stereocenters. The molecule has 2 heterocycles. The normalized spacial score (nSPS) is 15.0. The van der Waals surface area contributed by atoms with E-state index in [1.807, 2.05) is 36.2 Å². The van der Waals surface area contributed by atoms with E-state index in [2.05, 4.69) is 29.0 Å². The molecule has 0 bridgehead atoms. The van der Waals surface area contributed by atoms with Crippen LogP contribution in [0.5, 0.6) is 0 Å². The zero-order chi connectivity index (χ0) is 19.4. The number of likely N-dealkylation sites (N-methyl/N-ethyl adjacent to an activating group) is 1. The number of carbonyl (C=O) groups excluding carboxylic acids is 2. The van der Waals surface area contributed by atoms with E-state index >= 15 is 0 Å². The average Bonchev–Trinajstić information content (AvgIpc) is 2.68. The van der Waals surface area contributed by atoms with Gasteiger partial charge in [0, 0.05) is 43.6 Å². The van der Waals surface area contributed by atoms with Crippen LogP contribution in [0.25, 0.3) is 0 Å². The van der Waals surface area contributed by atoms with E-state index in [0.29, 0.717) is 30.3 Å². The number of anilines is 1. The van der Waals surface area contributed by atoms with Crippen molar-refractivity contribution in [2.24, 2.45) is 0 Å². The lowest BCUT2D eigenvalue weighted by Gasteiger charge is -2.32. The van der Waals surface area contributed by atoms with Crippen LogP contribution in [-0.4, -0.2) is 59.8 Å². The third kappa shape index (κ3) is 4.71. The maximum Gasteiger partial charge on any atom is 0.274 e. The van der Waals surface area contributed by atoms with Crippen molar-refractivity contribution in [2.45, 2.75) is 19.8 Å². The summed E-state index contributed by atoms with van der Waals surface area (Å²) in [7, 11) is 2.05. The number of nitrogens with zero attached hydrogens (tertiary/aromatic N) is 3. The largest absolute Gasteiger partial charge is 0.336 e. The van der Waals surface area contributed by atoms with Gasteiger partial charge in [-0.3, -0.25) is 14.6 Å². The standard InChI is InChI=1S/C21H26N4O2/c1-15(2)16-4-6-18(7-5-16)23-20(26)19-14-17(8-9-22-19)21(27)25-12-10-24(3)11-13-25/h4-9,14-15H,10-13H2,1-3H3,(H,23,26). The molecular formula is C21H26N4O2. The SMILES string of the molecule is CC(C)c1ccc(NC(=O)c2cc(C(=O)N3CCN(C)CC3)ccn2)cc1. The molecule has 2 amide bonds. The Bertz CT molecular complexity index is 809. The summed E-state index contributed by atoms with van der Waals surface area (Å²) in [4.78, 5) is 33.4. The number of pyridine rings is 1. The Kier molecular flexibility index (Phi) is 5.86. The molecule has 1 saturated heterocycles. The van der Waals surface area contributed by atoms with Crippen molar-refractivity contribution in [3.05, 3.63) is 59.4 Å². The molecule has 1 aromatic heterocycles. The van der Waals surface area contributed by atoms with Crippen LogP contribution in [0.2, 0.25) is 0 Å². The van der Waals surface area contributed by atoms with Gasteiger partial charge in [0.2, 0.25) is 0 Å². The van der Waals surface area contributed by atoms with Crippen LogP contribution in [0.15, 0.2) is 42.6 Å². The number of carbonyl (C=O) groups is 2. The number of hydrogen-bond acceptors (Lipinski definition) is 4. The van der Waals surface area contributed by atoms with Gasteiger partial charge >= 0.3 is 0 Å². The molecule has 0 spiro atoms. The number of benzene rings is 1. The molecule has 1 N–H and O–H groups in total. The molecule has 6 nitrogen and oxygen atoms in total. The maximum absolute atomic E-state index is 12.7. The summed E-state index contributed by atoms with van der Waals surface area (Å²) in [5.74, 6) is 0.0647. The summed E-state index contributed by atoms with van der Waals surface area (Å²) in [6, 6.07) is 11.0. The highest BCUT2D eigenvalue weighted by atomic mass is 16.2. The van der Waals surface area contributed by atoms with Crippen molar-refractivity contribution in [3.8, 4) is 0 Å². The van der Waals surface area contributed by atoms with Gasteiger partial charge in [0.05, 0.1) is 0 Å². The van der Waals surface area contributed by atoms with Gasteiger partial charge in [-0.15, -0.1) is 0 Å². The molecule has 27 heavy (non-hydrogen) atoms. The summed E-state index contributed by atoms with van der Waals surface area (Å²) in [5, 5.41) is 2.84.